The molecule has 14 heteroatoms. The Morgan fingerprint density at radius 2 is 0.984 bits per heavy atom. The number of hydrogen-bond donors (Lipinski definition) is 6. The van der Waals surface area contributed by atoms with E-state index in [2.05, 4.69) is 21.3 Å². The van der Waals surface area contributed by atoms with E-state index in [0.717, 1.165) is 88.3 Å². The average molecular weight is 876 g/mol. The number of benzene rings is 3. The molecule has 3 aromatic rings. The van der Waals surface area contributed by atoms with Gasteiger partial charge in [0.25, 0.3) is 0 Å². The van der Waals surface area contributed by atoms with Crippen molar-refractivity contribution >= 4 is 35.5 Å². The standard InChI is InChI=1S/C49H67F2N5O7/c1-3-34(2)45(48(61)54-40(46(52)59)31-35-22-16-14-17-23-35)56-44(58)27-21-13-11-9-7-5-4-6-8-10-12-20-26-43(57)53-41(33-37-28-29-38(50)39(51)30-37)47(60)55-42(49(62)63)32-36-24-18-15-19-25-36/h14-19,22-25,28-30,34,40-42,45H,3-13,20-21,26-27,31-33H2,1-2H3,(H2,52,59)(H,53,57)(H,54,61)(H,55,60)(H,56,58)(H,62,63)/t34-,40-,41-,42-,45-/m0/s1. The number of rotatable bonds is 31. The second-order valence-corrected chi connectivity index (χ2v) is 16.5. The normalized spacial score (nSPS) is 13.5. The maximum Gasteiger partial charge on any atom is 0.326 e. The predicted molar refractivity (Wildman–Crippen MR) is 239 cm³/mol. The summed E-state index contributed by atoms with van der Waals surface area (Å²) >= 11 is 0. The van der Waals surface area contributed by atoms with Crippen LogP contribution in [-0.2, 0) is 48.0 Å². The minimum absolute atomic E-state index is 0.0275. The van der Waals surface area contributed by atoms with Crippen LogP contribution in [0.1, 0.15) is 127 Å². The van der Waals surface area contributed by atoms with E-state index in [-0.39, 0.29) is 49.0 Å². The van der Waals surface area contributed by atoms with Crippen LogP contribution in [0.5, 0.6) is 0 Å². The zero-order valence-corrected chi connectivity index (χ0v) is 36.9. The van der Waals surface area contributed by atoms with Gasteiger partial charge in [-0.1, -0.05) is 151 Å². The van der Waals surface area contributed by atoms with Crippen LogP contribution in [0.15, 0.2) is 78.9 Å². The van der Waals surface area contributed by atoms with Crippen LogP contribution in [0.25, 0.3) is 0 Å². The lowest BCUT2D eigenvalue weighted by Gasteiger charge is -2.26. The molecule has 12 nitrogen and oxygen atoms in total. The summed E-state index contributed by atoms with van der Waals surface area (Å²) in [6.45, 7) is 3.84. The third-order valence-electron chi connectivity index (χ3n) is 11.3. The van der Waals surface area contributed by atoms with Crippen molar-refractivity contribution in [3.63, 3.8) is 0 Å². The SMILES string of the molecule is CC[C@H](C)[C@H](NC(=O)CCCCCCCCCCCCCCC(=O)N[C@@H](Cc1ccc(F)c(F)c1)C(=O)N[C@@H](Cc1ccccc1)C(=O)O)C(=O)N[C@@H](Cc1ccccc1)C(N)=O. The summed E-state index contributed by atoms with van der Waals surface area (Å²) in [7, 11) is 0. The fourth-order valence-corrected chi connectivity index (χ4v) is 7.32. The highest BCUT2D eigenvalue weighted by atomic mass is 19.2. The summed E-state index contributed by atoms with van der Waals surface area (Å²) in [5, 5.41) is 20.6. The Morgan fingerprint density at radius 1 is 0.540 bits per heavy atom. The molecule has 0 fully saturated rings. The summed E-state index contributed by atoms with van der Waals surface area (Å²) in [4.78, 5) is 76.4. The Hall–Kier alpha value is -5.66. The lowest BCUT2D eigenvalue weighted by atomic mass is 9.97. The van der Waals surface area contributed by atoms with Gasteiger partial charge >= 0.3 is 5.97 Å². The third kappa shape index (κ3) is 20.4. The van der Waals surface area contributed by atoms with E-state index < -0.39 is 59.5 Å². The van der Waals surface area contributed by atoms with Crippen molar-refractivity contribution in [2.24, 2.45) is 11.7 Å². The van der Waals surface area contributed by atoms with E-state index in [9.17, 15) is 42.7 Å². The van der Waals surface area contributed by atoms with E-state index in [1.165, 1.54) is 6.07 Å². The first-order valence-corrected chi connectivity index (χ1v) is 22.5. The van der Waals surface area contributed by atoms with Gasteiger partial charge in [-0.2, -0.15) is 0 Å². The molecule has 0 heterocycles. The van der Waals surface area contributed by atoms with Gasteiger partial charge in [0.2, 0.25) is 29.5 Å². The van der Waals surface area contributed by atoms with Crippen LogP contribution in [0.3, 0.4) is 0 Å². The monoisotopic (exact) mass is 876 g/mol. The second-order valence-electron chi connectivity index (χ2n) is 16.5. The van der Waals surface area contributed by atoms with Gasteiger partial charge in [-0.3, -0.25) is 24.0 Å². The zero-order valence-electron chi connectivity index (χ0n) is 36.9. The fourth-order valence-electron chi connectivity index (χ4n) is 7.32. The van der Waals surface area contributed by atoms with Crippen molar-refractivity contribution in [2.45, 2.75) is 154 Å². The number of carbonyl (C=O) groups is 6. The van der Waals surface area contributed by atoms with Crippen molar-refractivity contribution in [1.82, 2.24) is 21.3 Å². The van der Waals surface area contributed by atoms with Crippen LogP contribution >= 0.6 is 0 Å². The summed E-state index contributed by atoms with van der Waals surface area (Å²) in [5.74, 6) is -5.85. The topological polar surface area (TPSA) is 197 Å². The first-order chi connectivity index (χ1) is 30.3. The number of carboxylic acids is 1. The van der Waals surface area contributed by atoms with Crippen molar-refractivity contribution in [2.75, 3.05) is 0 Å². The minimum Gasteiger partial charge on any atom is -0.480 e. The van der Waals surface area contributed by atoms with Crippen LogP contribution in [0.4, 0.5) is 8.78 Å². The van der Waals surface area contributed by atoms with Gasteiger partial charge in [0, 0.05) is 32.1 Å². The van der Waals surface area contributed by atoms with Gasteiger partial charge in [-0.25, -0.2) is 13.6 Å². The average Bonchev–Trinajstić information content (AvgIpc) is 3.26. The highest BCUT2D eigenvalue weighted by molar-refractivity contribution is 5.92. The molecule has 3 aromatic carbocycles. The fraction of sp³-hybridized carbons (Fsp3) is 0.510. The number of amides is 5. The van der Waals surface area contributed by atoms with Crippen molar-refractivity contribution < 1.29 is 42.7 Å². The molecule has 0 radical (unpaired) electrons. The molecular formula is C49H67F2N5O7. The Morgan fingerprint density at radius 3 is 1.44 bits per heavy atom. The highest BCUT2D eigenvalue weighted by Crippen LogP contribution is 2.16. The maximum absolute atomic E-state index is 14.0. The smallest absolute Gasteiger partial charge is 0.326 e. The summed E-state index contributed by atoms with van der Waals surface area (Å²) < 4.78 is 27.5. The van der Waals surface area contributed by atoms with E-state index in [4.69, 9.17) is 5.73 Å². The number of aliphatic carboxylic acids is 1. The Labute approximate surface area is 370 Å². The molecule has 5 amide bonds. The maximum atomic E-state index is 14.0. The summed E-state index contributed by atoms with van der Waals surface area (Å²) in [6, 6.07) is 17.2. The van der Waals surface area contributed by atoms with Crippen LogP contribution in [0, 0.1) is 17.6 Å². The molecule has 7 N–H and O–H groups in total. The molecule has 0 saturated heterocycles. The Kier molecular flexibility index (Phi) is 23.7. The first kappa shape index (κ1) is 51.7. The first-order valence-electron chi connectivity index (χ1n) is 22.5. The largest absolute Gasteiger partial charge is 0.480 e. The summed E-state index contributed by atoms with van der Waals surface area (Å²) in [5.41, 5.74) is 7.44. The molecule has 0 aliphatic rings. The third-order valence-corrected chi connectivity index (χ3v) is 11.3. The molecule has 0 bridgehead atoms. The molecule has 0 saturated carbocycles. The molecule has 0 unspecified atom stereocenters. The van der Waals surface area contributed by atoms with Crippen LogP contribution in [0.2, 0.25) is 0 Å². The van der Waals surface area contributed by atoms with Gasteiger partial charge in [0.15, 0.2) is 11.6 Å². The number of primary amides is 1. The van der Waals surface area contributed by atoms with Gasteiger partial charge in [-0.05, 0) is 47.6 Å². The number of unbranched alkanes of at least 4 members (excludes halogenated alkanes) is 11. The molecule has 0 aliphatic heterocycles. The molecular weight excluding hydrogens is 809 g/mol. The molecule has 3 rings (SSSR count). The molecule has 0 spiro atoms. The van der Waals surface area contributed by atoms with Gasteiger partial charge in [-0.15, -0.1) is 0 Å². The zero-order chi connectivity index (χ0) is 46.0. The van der Waals surface area contributed by atoms with Crippen molar-refractivity contribution in [3.05, 3.63) is 107 Å². The van der Waals surface area contributed by atoms with Crippen LogP contribution in [-0.4, -0.2) is 64.8 Å². The number of halogens is 2. The Balaban J connectivity index is 1.28. The van der Waals surface area contributed by atoms with Gasteiger partial charge in [0.05, 0.1) is 0 Å². The lowest BCUT2D eigenvalue weighted by Crippen LogP contribution is -2.55. The number of carbonyl (C=O) groups excluding carboxylic acids is 5. The Bertz CT molecular complexity index is 1880. The molecule has 0 aliphatic carbocycles. The number of nitrogens with one attached hydrogen (secondary N) is 4. The molecule has 0 aromatic heterocycles. The quantitative estimate of drug-likeness (QED) is 0.0374. The lowest BCUT2D eigenvalue weighted by molar-refractivity contribution is -0.142. The van der Waals surface area contributed by atoms with E-state index >= 15 is 0 Å². The molecule has 5 atom stereocenters. The number of hydrogen-bond acceptors (Lipinski definition) is 6. The van der Waals surface area contributed by atoms with Gasteiger partial charge < -0.3 is 32.1 Å². The molecule has 344 valence electrons. The van der Waals surface area contributed by atoms with Crippen LogP contribution < -0.4 is 27.0 Å². The van der Waals surface area contributed by atoms with E-state index in [1.807, 2.05) is 44.2 Å². The number of carboxylic acid groups (broad SMARTS) is 1. The van der Waals surface area contributed by atoms with E-state index in [0.29, 0.717) is 24.8 Å². The van der Waals surface area contributed by atoms with Crippen molar-refractivity contribution in [1.29, 1.82) is 0 Å². The summed E-state index contributed by atoms with van der Waals surface area (Å²) in [6.07, 6.45) is 12.8. The molecule has 63 heavy (non-hydrogen) atoms. The number of nitrogens with two attached hydrogens (primary N) is 1. The second kappa shape index (κ2) is 28.8. The van der Waals surface area contributed by atoms with E-state index in [1.54, 1.807) is 30.3 Å². The van der Waals surface area contributed by atoms with Gasteiger partial charge in [0.1, 0.15) is 24.2 Å². The highest BCUT2D eigenvalue weighted by Gasteiger charge is 2.30. The minimum atomic E-state index is -1.26. The predicted octanol–water partition coefficient (Wildman–Crippen LogP) is 7.01. The van der Waals surface area contributed by atoms with Crippen molar-refractivity contribution in [3.8, 4) is 0 Å².